The van der Waals surface area contributed by atoms with E-state index >= 15 is 0 Å². The molecule has 1 fully saturated rings. The number of ether oxygens (including phenoxy) is 1. The Labute approximate surface area is 240 Å². The van der Waals surface area contributed by atoms with E-state index in [-0.39, 0.29) is 31.5 Å². The first-order chi connectivity index (χ1) is 19.9. The zero-order valence-corrected chi connectivity index (χ0v) is 23.3. The number of benzene rings is 3. The van der Waals surface area contributed by atoms with Gasteiger partial charge in [-0.2, -0.15) is 0 Å². The Hall–Kier alpha value is -4.17. The Morgan fingerprint density at radius 3 is 2.15 bits per heavy atom. The number of rotatable bonds is 13. The summed E-state index contributed by atoms with van der Waals surface area (Å²) in [6.45, 7) is 1.00. The molecule has 0 aromatic heterocycles. The molecule has 5 rings (SSSR count). The molecule has 8 nitrogen and oxygen atoms in total. The van der Waals surface area contributed by atoms with E-state index < -0.39 is 24.0 Å². The number of carboxylic acid groups (broad SMARTS) is 1. The molecule has 2 aliphatic carbocycles. The average Bonchev–Trinajstić information content (AvgIpc) is 3.74. The second kappa shape index (κ2) is 13.0. The molecule has 3 aromatic rings. The Morgan fingerprint density at radius 1 is 0.927 bits per heavy atom. The summed E-state index contributed by atoms with van der Waals surface area (Å²) < 4.78 is 5.64. The highest BCUT2D eigenvalue weighted by atomic mass is 16.5. The fraction of sp³-hybridized carbons (Fsp3) is 0.364. The van der Waals surface area contributed by atoms with E-state index in [1.54, 1.807) is 0 Å². The van der Waals surface area contributed by atoms with Crippen LogP contribution in [0.25, 0.3) is 11.1 Å². The van der Waals surface area contributed by atoms with Crippen LogP contribution in [0.1, 0.15) is 41.9 Å². The van der Waals surface area contributed by atoms with Crippen molar-refractivity contribution in [3.63, 3.8) is 0 Å². The number of likely N-dealkylation sites (N-methyl/N-ethyl adjacent to an activating group) is 1. The van der Waals surface area contributed by atoms with Gasteiger partial charge in [0.1, 0.15) is 12.6 Å². The van der Waals surface area contributed by atoms with Crippen LogP contribution < -0.4 is 10.6 Å². The Kier molecular flexibility index (Phi) is 8.99. The van der Waals surface area contributed by atoms with Crippen molar-refractivity contribution in [1.82, 2.24) is 15.5 Å². The molecule has 0 heterocycles. The SMILES string of the molecule is CN(Cc1ccccc1)CC(NC(=O)C(CNC(=O)OCC1c2ccccc2-c2ccccc21)CC1CC1)C(=O)O. The van der Waals surface area contributed by atoms with Crippen LogP contribution in [-0.4, -0.2) is 60.8 Å². The van der Waals surface area contributed by atoms with E-state index in [1.807, 2.05) is 66.5 Å². The van der Waals surface area contributed by atoms with Gasteiger partial charge in [-0.05, 0) is 47.2 Å². The Bertz CT molecular complexity index is 1330. The van der Waals surface area contributed by atoms with Crippen molar-refractivity contribution in [2.24, 2.45) is 11.8 Å². The lowest BCUT2D eigenvalue weighted by Gasteiger charge is -2.25. The molecule has 2 amide bonds. The molecule has 41 heavy (non-hydrogen) atoms. The van der Waals surface area contributed by atoms with Crippen LogP contribution in [-0.2, 0) is 20.9 Å². The van der Waals surface area contributed by atoms with Gasteiger partial charge in [-0.15, -0.1) is 0 Å². The smallest absolute Gasteiger partial charge is 0.407 e. The summed E-state index contributed by atoms with van der Waals surface area (Å²) >= 11 is 0. The van der Waals surface area contributed by atoms with Crippen LogP contribution in [0.15, 0.2) is 78.9 Å². The van der Waals surface area contributed by atoms with Crippen LogP contribution >= 0.6 is 0 Å². The Morgan fingerprint density at radius 2 is 1.54 bits per heavy atom. The molecule has 0 bridgehead atoms. The number of carbonyl (C=O) groups is 3. The molecule has 2 aliphatic rings. The molecule has 3 N–H and O–H groups in total. The lowest BCUT2D eigenvalue weighted by molar-refractivity contribution is -0.143. The maximum absolute atomic E-state index is 13.2. The number of aliphatic carboxylic acids is 1. The topological polar surface area (TPSA) is 108 Å². The van der Waals surface area contributed by atoms with Crippen molar-refractivity contribution in [3.05, 3.63) is 95.6 Å². The molecule has 2 atom stereocenters. The summed E-state index contributed by atoms with van der Waals surface area (Å²) in [7, 11) is 1.83. The number of carboxylic acids is 1. The van der Waals surface area contributed by atoms with Crippen LogP contribution in [0.5, 0.6) is 0 Å². The van der Waals surface area contributed by atoms with E-state index in [4.69, 9.17) is 4.74 Å². The van der Waals surface area contributed by atoms with Crippen molar-refractivity contribution in [1.29, 1.82) is 0 Å². The maximum Gasteiger partial charge on any atom is 0.407 e. The first kappa shape index (κ1) is 28.4. The quantitative estimate of drug-likeness (QED) is 0.284. The molecule has 0 radical (unpaired) electrons. The highest BCUT2D eigenvalue weighted by Crippen LogP contribution is 2.44. The van der Waals surface area contributed by atoms with Crippen LogP contribution in [0.2, 0.25) is 0 Å². The molecule has 214 valence electrons. The largest absolute Gasteiger partial charge is 0.480 e. The molecule has 0 saturated heterocycles. The van der Waals surface area contributed by atoms with Crippen molar-refractivity contribution < 1.29 is 24.2 Å². The number of fused-ring (bicyclic) bond motifs is 3. The monoisotopic (exact) mass is 555 g/mol. The van der Waals surface area contributed by atoms with Crippen LogP contribution in [0.4, 0.5) is 4.79 Å². The first-order valence-electron chi connectivity index (χ1n) is 14.2. The fourth-order valence-electron chi connectivity index (χ4n) is 5.64. The van der Waals surface area contributed by atoms with Gasteiger partial charge in [-0.3, -0.25) is 9.69 Å². The molecular weight excluding hydrogens is 518 g/mol. The number of hydrogen-bond donors (Lipinski definition) is 3. The van der Waals surface area contributed by atoms with Crippen LogP contribution in [0, 0.1) is 11.8 Å². The molecule has 3 aromatic carbocycles. The van der Waals surface area contributed by atoms with Gasteiger partial charge in [0.15, 0.2) is 0 Å². The summed E-state index contributed by atoms with van der Waals surface area (Å²) in [5, 5.41) is 15.3. The fourth-order valence-corrected chi connectivity index (χ4v) is 5.64. The third-order valence-corrected chi connectivity index (χ3v) is 7.93. The Balaban J connectivity index is 1.15. The summed E-state index contributed by atoms with van der Waals surface area (Å²) in [5.74, 6) is -1.63. The highest BCUT2D eigenvalue weighted by molar-refractivity contribution is 5.85. The van der Waals surface area contributed by atoms with Crippen molar-refractivity contribution >= 4 is 18.0 Å². The predicted molar refractivity (Wildman–Crippen MR) is 156 cm³/mol. The van der Waals surface area contributed by atoms with Gasteiger partial charge < -0.3 is 20.5 Å². The lowest BCUT2D eigenvalue weighted by atomic mass is 9.98. The summed E-state index contributed by atoms with van der Waals surface area (Å²) in [6.07, 6.45) is 2.09. The summed E-state index contributed by atoms with van der Waals surface area (Å²) in [4.78, 5) is 39.8. The standard InChI is InChI=1S/C33H37N3O5/c1-36(19-23-9-3-2-4-10-23)20-30(32(38)39)35-31(37)24(17-22-15-16-22)18-34-33(40)41-21-29-27-13-7-5-11-25(27)26-12-6-8-14-28(26)29/h2-14,22,24,29-30H,15-21H2,1H3,(H,34,40)(H,35,37)(H,38,39). The zero-order valence-electron chi connectivity index (χ0n) is 23.3. The van der Waals surface area contributed by atoms with Gasteiger partial charge in [0, 0.05) is 25.6 Å². The second-order valence-electron chi connectivity index (χ2n) is 11.2. The predicted octanol–water partition coefficient (Wildman–Crippen LogP) is 4.64. The van der Waals surface area contributed by atoms with E-state index in [1.165, 1.54) is 0 Å². The minimum atomic E-state index is -1.09. The minimum absolute atomic E-state index is 0.0529. The van der Waals surface area contributed by atoms with Gasteiger partial charge >= 0.3 is 12.1 Å². The van der Waals surface area contributed by atoms with Gasteiger partial charge in [-0.25, -0.2) is 9.59 Å². The number of alkyl carbamates (subject to hydrolysis) is 1. The lowest BCUT2D eigenvalue weighted by Crippen LogP contribution is -2.50. The first-order valence-corrected chi connectivity index (χ1v) is 14.2. The molecule has 0 spiro atoms. The number of carbonyl (C=O) groups excluding carboxylic acids is 2. The van der Waals surface area contributed by atoms with Crippen molar-refractivity contribution in [2.75, 3.05) is 26.7 Å². The van der Waals surface area contributed by atoms with Gasteiger partial charge in [0.05, 0.1) is 5.92 Å². The summed E-state index contributed by atoms with van der Waals surface area (Å²) in [6, 6.07) is 25.0. The van der Waals surface area contributed by atoms with Crippen molar-refractivity contribution in [3.8, 4) is 11.1 Å². The van der Waals surface area contributed by atoms with Gasteiger partial charge in [0.25, 0.3) is 0 Å². The van der Waals surface area contributed by atoms with Gasteiger partial charge in [-0.1, -0.05) is 91.7 Å². The highest BCUT2D eigenvalue weighted by Gasteiger charge is 2.33. The third-order valence-electron chi connectivity index (χ3n) is 7.93. The molecule has 0 aliphatic heterocycles. The van der Waals surface area contributed by atoms with E-state index in [0.717, 1.165) is 40.7 Å². The molecule has 8 heteroatoms. The number of amides is 2. The maximum atomic E-state index is 13.2. The van der Waals surface area contributed by atoms with E-state index in [0.29, 0.717) is 18.9 Å². The van der Waals surface area contributed by atoms with E-state index in [9.17, 15) is 19.5 Å². The third kappa shape index (κ3) is 7.32. The average molecular weight is 556 g/mol. The number of hydrogen-bond acceptors (Lipinski definition) is 5. The zero-order chi connectivity index (χ0) is 28.8. The number of nitrogens with zero attached hydrogens (tertiary/aromatic N) is 1. The minimum Gasteiger partial charge on any atom is -0.480 e. The number of nitrogens with one attached hydrogen (secondary N) is 2. The van der Waals surface area contributed by atoms with Gasteiger partial charge in [0.2, 0.25) is 5.91 Å². The summed E-state index contributed by atoms with van der Waals surface area (Å²) in [5.41, 5.74) is 5.62. The molecule has 1 saturated carbocycles. The molecular formula is C33H37N3O5. The van der Waals surface area contributed by atoms with E-state index in [2.05, 4.69) is 34.9 Å². The van der Waals surface area contributed by atoms with Crippen LogP contribution in [0.3, 0.4) is 0 Å². The molecule has 2 unspecified atom stereocenters. The second-order valence-corrected chi connectivity index (χ2v) is 11.2. The normalized spacial score (nSPS) is 15.5. The van der Waals surface area contributed by atoms with Crippen molar-refractivity contribution in [2.45, 2.75) is 37.8 Å².